The van der Waals surface area contributed by atoms with Gasteiger partial charge in [0.25, 0.3) is 0 Å². The number of ether oxygens (including phenoxy) is 3. The smallest absolute Gasteiger partial charge is 0.870 e. The first-order chi connectivity index (χ1) is 15.0. The van der Waals surface area contributed by atoms with E-state index in [1.165, 1.54) is 60.7 Å². The monoisotopic (exact) mass is 570 g/mol. The average Bonchev–Trinajstić information content (AvgIpc) is 2.76. The molecule has 0 spiro atoms. The van der Waals surface area contributed by atoms with Crippen molar-refractivity contribution in [2.24, 2.45) is 0 Å². The van der Waals surface area contributed by atoms with Gasteiger partial charge in [0.05, 0.1) is 0 Å². The van der Waals surface area contributed by atoms with E-state index in [0.29, 0.717) is 0 Å². The van der Waals surface area contributed by atoms with E-state index in [-0.39, 0.29) is 252 Å². The van der Waals surface area contributed by atoms with E-state index in [2.05, 4.69) is 0 Å². The summed E-state index contributed by atoms with van der Waals surface area (Å²) >= 11 is 0. The van der Waals surface area contributed by atoms with Crippen LogP contribution in [-0.2, 0) is 0 Å². The van der Waals surface area contributed by atoms with Gasteiger partial charge in [0, 0.05) is 0 Å². The summed E-state index contributed by atoms with van der Waals surface area (Å²) in [6.45, 7) is 0. The molecule has 0 N–H and O–H groups in total. The topological polar surface area (TPSA) is 120 Å². The molecule has 0 amide bonds. The Morgan fingerprint density at radius 1 is 0.343 bits per heavy atom. The zero-order chi connectivity index (χ0) is 21.8. The predicted molar refractivity (Wildman–Crippen MR) is 104 cm³/mol. The van der Waals surface area contributed by atoms with Gasteiger partial charge in [0.15, 0.2) is 0 Å². The quantitative estimate of drug-likeness (QED) is 0.211. The van der Waals surface area contributed by atoms with E-state index in [4.69, 9.17) is 14.2 Å². The molecule has 156 valence electrons. The van der Waals surface area contributed by atoms with Crippen LogP contribution in [0.5, 0.6) is 57.5 Å². The zero-order valence-corrected chi connectivity index (χ0v) is 32.4. The number of benzene rings is 4. The minimum Gasteiger partial charge on any atom is -0.870 e. The Morgan fingerprint density at radius 3 is 0.914 bits per heavy atom. The largest absolute Gasteiger partial charge is 1.00 e. The van der Waals surface area contributed by atoms with Crippen LogP contribution in [0.2, 0.25) is 0 Å². The third kappa shape index (κ3) is 10.2. The fourth-order valence-corrected chi connectivity index (χ4v) is 2.74. The molecule has 0 heterocycles. The van der Waals surface area contributed by atoms with Crippen LogP contribution in [0.4, 0.5) is 0 Å². The maximum Gasteiger partial charge on any atom is 1.00 e. The van der Waals surface area contributed by atoms with Crippen LogP contribution < -0.4 is 240 Å². The fourth-order valence-electron chi connectivity index (χ4n) is 2.74. The van der Waals surface area contributed by atoms with Crippen molar-refractivity contribution >= 4 is 0 Å². The van der Waals surface area contributed by atoms with E-state index >= 15 is 0 Å². The number of para-hydroxylation sites is 6. The molecule has 0 aromatic heterocycles. The third-order valence-electron chi connectivity index (χ3n) is 4.24. The van der Waals surface area contributed by atoms with Crippen molar-refractivity contribution in [3.8, 4) is 57.5 Å². The minimum atomic E-state index is -0.638. The Hall–Kier alpha value is 2.03. The van der Waals surface area contributed by atoms with Crippen LogP contribution >= 0.6 is 0 Å². The third-order valence-corrected chi connectivity index (χ3v) is 4.24. The van der Waals surface area contributed by atoms with E-state index in [1.807, 2.05) is 0 Å². The molecular formula is C24H14K4O7. The first-order valence-electron chi connectivity index (χ1n) is 9.18. The van der Waals surface area contributed by atoms with E-state index in [9.17, 15) is 20.4 Å². The summed E-state index contributed by atoms with van der Waals surface area (Å²) in [5, 5.41) is 49.1. The van der Waals surface area contributed by atoms with Crippen LogP contribution in [0.1, 0.15) is 0 Å². The van der Waals surface area contributed by atoms with Crippen LogP contribution in [0.3, 0.4) is 0 Å². The Kier molecular flexibility index (Phi) is 19.5. The molecule has 0 aliphatic heterocycles. The Balaban J connectivity index is 0.00000289. The Bertz CT molecular complexity index is 1140. The molecular weight excluding hydrogens is 557 g/mol. The molecule has 0 fully saturated rings. The number of hydrogen-bond donors (Lipinski definition) is 0. The summed E-state index contributed by atoms with van der Waals surface area (Å²) in [5.41, 5.74) is 0. The molecule has 0 atom stereocenters. The van der Waals surface area contributed by atoms with E-state index < -0.39 is 11.5 Å². The Morgan fingerprint density at radius 2 is 0.600 bits per heavy atom. The van der Waals surface area contributed by atoms with Gasteiger partial charge in [-0.3, -0.25) is 0 Å². The number of rotatable bonds is 6. The maximum atomic E-state index is 12.7. The van der Waals surface area contributed by atoms with Gasteiger partial charge in [-0.1, -0.05) is 60.0 Å². The molecule has 4 rings (SSSR count). The van der Waals surface area contributed by atoms with Gasteiger partial charge in [0.1, 0.15) is 34.5 Å². The van der Waals surface area contributed by atoms with Crippen LogP contribution in [0.25, 0.3) is 0 Å². The SMILES string of the molecule is [K+].[K+].[K+].[K+].[O-]c1ccccc1Oc1cccc(Oc2cccc(Oc3ccccc3[O-])c2[O-])c1[O-]. The first kappa shape index (κ1) is 37.0. The van der Waals surface area contributed by atoms with Crippen molar-refractivity contribution in [1.82, 2.24) is 0 Å². The van der Waals surface area contributed by atoms with Gasteiger partial charge in [-0.05, 0) is 47.9 Å². The molecule has 0 unspecified atom stereocenters. The second kappa shape index (κ2) is 18.4. The standard InChI is InChI=1S/C24H18O7.4K/c25-15-7-1-3-9-17(15)29-19-11-5-13-21(23(19)27)31-22-14-6-12-20(24(22)28)30-18-10-4-2-8-16(18)26;;;;/h1-14,25-28H;;;;/q;4*+1/p-4. The molecule has 0 aliphatic carbocycles. The second-order valence-electron chi connectivity index (χ2n) is 6.37. The number of hydrogen-bond acceptors (Lipinski definition) is 7. The minimum absolute atomic E-state index is 0. The summed E-state index contributed by atoms with van der Waals surface area (Å²) in [4.78, 5) is 0. The van der Waals surface area contributed by atoms with Gasteiger partial charge < -0.3 is 34.6 Å². The fraction of sp³-hybridized carbons (Fsp3) is 0. The summed E-state index contributed by atoms with van der Waals surface area (Å²) in [5.74, 6) is -2.62. The molecule has 7 nitrogen and oxygen atoms in total. The molecule has 0 bridgehead atoms. The molecule has 11 heteroatoms. The molecule has 0 radical (unpaired) electrons. The maximum absolute atomic E-state index is 12.7. The van der Waals surface area contributed by atoms with Gasteiger partial charge in [0.2, 0.25) is 0 Å². The average molecular weight is 571 g/mol. The van der Waals surface area contributed by atoms with Crippen molar-refractivity contribution < 1.29 is 240 Å². The predicted octanol–water partition coefficient (Wildman–Crippen LogP) is -8.63. The summed E-state index contributed by atoms with van der Waals surface area (Å²) in [6.07, 6.45) is 0. The molecule has 0 saturated heterocycles. The van der Waals surface area contributed by atoms with Crippen molar-refractivity contribution in [3.63, 3.8) is 0 Å². The molecule has 0 saturated carbocycles. The molecule has 35 heavy (non-hydrogen) atoms. The van der Waals surface area contributed by atoms with Gasteiger partial charge in [-0.15, -0.1) is 0 Å². The first-order valence-corrected chi connectivity index (χ1v) is 9.18. The van der Waals surface area contributed by atoms with Crippen molar-refractivity contribution in [2.45, 2.75) is 0 Å². The summed E-state index contributed by atoms with van der Waals surface area (Å²) in [7, 11) is 0. The van der Waals surface area contributed by atoms with E-state index in [1.54, 1.807) is 24.3 Å². The van der Waals surface area contributed by atoms with Crippen LogP contribution in [0.15, 0.2) is 84.9 Å². The summed E-state index contributed by atoms with van der Waals surface area (Å²) in [6, 6.07) is 20.4. The van der Waals surface area contributed by atoms with Crippen molar-refractivity contribution in [3.05, 3.63) is 84.9 Å². The van der Waals surface area contributed by atoms with E-state index in [0.717, 1.165) is 0 Å². The molecule has 0 aliphatic rings. The second-order valence-corrected chi connectivity index (χ2v) is 6.37. The van der Waals surface area contributed by atoms with Crippen LogP contribution in [0, 0.1) is 0 Å². The zero-order valence-electron chi connectivity index (χ0n) is 19.9. The van der Waals surface area contributed by atoms with Crippen molar-refractivity contribution in [2.75, 3.05) is 0 Å². The van der Waals surface area contributed by atoms with Gasteiger partial charge in [-0.2, -0.15) is 0 Å². The summed E-state index contributed by atoms with van der Waals surface area (Å²) < 4.78 is 16.4. The molecule has 4 aromatic rings. The molecule has 4 aromatic carbocycles. The normalized spacial score (nSPS) is 9.26. The Labute approximate surface area is 373 Å². The van der Waals surface area contributed by atoms with Crippen molar-refractivity contribution in [1.29, 1.82) is 0 Å². The van der Waals surface area contributed by atoms with Gasteiger partial charge in [-0.25, -0.2) is 0 Å². The van der Waals surface area contributed by atoms with Crippen LogP contribution in [-0.4, -0.2) is 0 Å². The van der Waals surface area contributed by atoms with Gasteiger partial charge >= 0.3 is 206 Å².